The van der Waals surface area contributed by atoms with Crippen LogP contribution in [0.1, 0.15) is 19.4 Å². The number of ether oxygens (including phenoxy) is 1. The Morgan fingerprint density at radius 3 is 2.80 bits per heavy atom. The second-order valence-corrected chi connectivity index (χ2v) is 4.21. The van der Waals surface area contributed by atoms with E-state index in [4.69, 9.17) is 4.74 Å². The lowest BCUT2D eigenvalue weighted by Gasteiger charge is -2.08. The van der Waals surface area contributed by atoms with Gasteiger partial charge >= 0.3 is 6.09 Å². The number of phenols is 1. The minimum Gasteiger partial charge on any atom is -0.507 e. The molecule has 2 N–H and O–H groups in total. The first-order chi connectivity index (χ1) is 9.63. The Labute approximate surface area is 116 Å². The molecule has 0 spiro atoms. The molecule has 0 aliphatic rings. The number of hydrogen-bond acceptors (Lipinski definition) is 4. The maximum Gasteiger partial charge on any atom is 0.427 e. The molecule has 0 aromatic heterocycles. The van der Waals surface area contributed by atoms with Crippen molar-refractivity contribution in [3.05, 3.63) is 42.0 Å². The summed E-state index contributed by atoms with van der Waals surface area (Å²) < 4.78 is 4.71. The average Bonchev–Trinajstić information content (AvgIpc) is 2.46. The van der Waals surface area contributed by atoms with E-state index in [1.807, 2.05) is 30.3 Å². The van der Waals surface area contributed by atoms with Crippen LogP contribution in [0, 0.1) is 0 Å². The van der Waals surface area contributed by atoms with Crippen molar-refractivity contribution in [1.29, 1.82) is 0 Å². The first-order valence-electron chi connectivity index (χ1n) is 6.31. The quantitative estimate of drug-likeness (QED) is 0.666. The molecule has 2 aromatic carbocycles. The summed E-state index contributed by atoms with van der Waals surface area (Å²) in [6, 6.07) is 11.2. The summed E-state index contributed by atoms with van der Waals surface area (Å²) in [6.07, 6.45) is -0.618. The van der Waals surface area contributed by atoms with Crippen molar-refractivity contribution in [3.63, 3.8) is 0 Å². The second-order valence-electron chi connectivity index (χ2n) is 4.21. The fraction of sp³-hybridized carbons (Fsp3) is 0.200. The van der Waals surface area contributed by atoms with Crippen LogP contribution in [0.3, 0.4) is 0 Å². The molecule has 2 rings (SSSR count). The van der Waals surface area contributed by atoms with Gasteiger partial charge in [-0.3, -0.25) is 0 Å². The number of benzene rings is 2. The highest BCUT2D eigenvalue weighted by Gasteiger charge is 2.09. The van der Waals surface area contributed by atoms with Gasteiger partial charge in [-0.15, -0.1) is 0 Å². The van der Waals surface area contributed by atoms with Crippen LogP contribution in [-0.4, -0.2) is 23.5 Å². The normalized spacial score (nSPS) is 11.4. The van der Waals surface area contributed by atoms with Crippen molar-refractivity contribution in [3.8, 4) is 5.75 Å². The van der Waals surface area contributed by atoms with E-state index < -0.39 is 6.09 Å². The van der Waals surface area contributed by atoms with Gasteiger partial charge in [-0.05, 0) is 25.3 Å². The topological polar surface area (TPSA) is 70.9 Å². The maximum absolute atomic E-state index is 11.2. The Balaban J connectivity index is 2.30. The van der Waals surface area contributed by atoms with Gasteiger partial charge < -0.3 is 9.84 Å². The van der Waals surface area contributed by atoms with E-state index in [1.54, 1.807) is 19.9 Å². The highest BCUT2D eigenvalue weighted by Crippen LogP contribution is 2.28. The van der Waals surface area contributed by atoms with Crippen LogP contribution >= 0.6 is 0 Å². The van der Waals surface area contributed by atoms with Gasteiger partial charge in [0.2, 0.25) is 0 Å². The van der Waals surface area contributed by atoms with Gasteiger partial charge in [0.25, 0.3) is 0 Å². The van der Waals surface area contributed by atoms with Crippen LogP contribution in [-0.2, 0) is 4.74 Å². The van der Waals surface area contributed by atoms with Gasteiger partial charge in [-0.25, -0.2) is 10.2 Å². The number of hydrogen-bond donors (Lipinski definition) is 2. The zero-order chi connectivity index (χ0) is 14.5. The third kappa shape index (κ3) is 2.88. The summed E-state index contributed by atoms with van der Waals surface area (Å²) in [4.78, 5) is 11.2. The van der Waals surface area contributed by atoms with Crippen LogP contribution < -0.4 is 5.43 Å². The molecule has 0 heterocycles. The van der Waals surface area contributed by atoms with E-state index in [-0.39, 0.29) is 12.4 Å². The van der Waals surface area contributed by atoms with E-state index in [0.717, 1.165) is 10.8 Å². The predicted molar refractivity (Wildman–Crippen MR) is 78.0 cm³/mol. The van der Waals surface area contributed by atoms with Crippen molar-refractivity contribution in [2.24, 2.45) is 5.10 Å². The van der Waals surface area contributed by atoms with E-state index in [1.165, 1.54) is 0 Å². The van der Waals surface area contributed by atoms with Gasteiger partial charge in [0.1, 0.15) is 5.75 Å². The molecule has 2 aromatic rings. The SMILES string of the molecule is CCOC(=O)N/N=C(\C)c1ccc2ccccc2c1O. The first kappa shape index (κ1) is 13.9. The fourth-order valence-corrected chi connectivity index (χ4v) is 1.90. The molecular weight excluding hydrogens is 256 g/mol. The molecule has 0 saturated heterocycles. The van der Waals surface area contributed by atoms with Crippen molar-refractivity contribution in [2.75, 3.05) is 6.61 Å². The van der Waals surface area contributed by atoms with E-state index >= 15 is 0 Å². The first-order valence-corrected chi connectivity index (χ1v) is 6.31. The summed E-state index contributed by atoms with van der Waals surface area (Å²) in [7, 11) is 0. The summed E-state index contributed by atoms with van der Waals surface area (Å²) in [6.45, 7) is 3.70. The standard InChI is InChI=1S/C15H16N2O3/c1-3-20-15(19)17-16-10(2)12-9-8-11-6-4-5-7-13(11)14(12)18/h4-9,18H,3H2,1-2H3,(H,17,19)/b16-10+. The van der Waals surface area contributed by atoms with Gasteiger partial charge in [-0.1, -0.05) is 30.3 Å². The molecule has 0 aliphatic heterocycles. The Hall–Kier alpha value is -2.56. The highest BCUT2D eigenvalue weighted by atomic mass is 16.5. The molecule has 1 amide bonds. The Morgan fingerprint density at radius 2 is 2.05 bits per heavy atom. The smallest absolute Gasteiger partial charge is 0.427 e. The number of rotatable bonds is 3. The van der Waals surface area contributed by atoms with Gasteiger partial charge in [-0.2, -0.15) is 5.10 Å². The zero-order valence-electron chi connectivity index (χ0n) is 11.4. The number of hydrazone groups is 1. The molecule has 20 heavy (non-hydrogen) atoms. The highest BCUT2D eigenvalue weighted by molar-refractivity contribution is 6.06. The summed E-state index contributed by atoms with van der Waals surface area (Å²) in [5, 5.41) is 15.9. The average molecular weight is 272 g/mol. The number of nitrogens with zero attached hydrogens (tertiary/aromatic N) is 1. The van der Waals surface area contributed by atoms with Crippen molar-refractivity contribution in [2.45, 2.75) is 13.8 Å². The maximum atomic E-state index is 11.2. The number of fused-ring (bicyclic) bond motifs is 1. The van der Waals surface area contributed by atoms with Crippen molar-refractivity contribution in [1.82, 2.24) is 5.43 Å². The van der Waals surface area contributed by atoms with Crippen LogP contribution in [0.5, 0.6) is 5.75 Å². The molecule has 0 atom stereocenters. The van der Waals surface area contributed by atoms with Crippen LogP contribution in [0.2, 0.25) is 0 Å². The number of nitrogens with one attached hydrogen (secondary N) is 1. The lowest BCUT2D eigenvalue weighted by molar-refractivity contribution is 0.152. The molecule has 5 nitrogen and oxygen atoms in total. The minimum atomic E-state index is -0.618. The van der Waals surface area contributed by atoms with E-state index in [0.29, 0.717) is 11.3 Å². The summed E-state index contributed by atoms with van der Waals surface area (Å²) in [5.41, 5.74) is 3.34. The Kier molecular flexibility index (Phi) is 4.20. The van der Waals surface area contributed by atoms with E-state index in [2.05, 4.69) is 10.5 Å². The largest absolute Gasteiger partial charge is 0.507 e. The number of phenolic OH excluding ortho intramolecular Hbond substituents is 1. The van der Waals surface area contributed by atoms with Crippen molar-refractivity contribution >= 4 is 22.6 Å². The van der Waals surface area contributed by atoms with Gasteiger partial charge in [0.05, 0.1) is 12.3 Å². The minimum absolute atomic E-state index is 0.148. The fourth-order valence-electron chi connectivity index (χ4n) is 1.90. The number of amides is 1. The second kappa shape index (κ2) is 6.06. The lowest BCUT2D eigenvalue weighted by Crippen LogP contribution is -2.20. The molecule has 0 aliphatic carbocycles. The lowest BCUT2D eigenvalue weighted by atomic mass is 10.0. The van der Waals surface area contributed by atoms with Gasteiger partial charge in [0, 0.05) is 10.9 Å². The summed E-state index contributed by atoms with van der Waals surface area (Å²) >= 11 is 0. The number of aromatic hydroxyl groups is 1. The predicted octanol–water partition coefficient (Wildman–Crippen LogP) is 3.02. The Morgan fingerprint density at radius 1 is 1.30 bits per heavy atom. The monoisotopic (exact) mass is 272 g/mol. The number of carbonyl (C=O) groups is 1. The molecule has 0 radical (unpaired) electrons. The molecule has 0 saturated carbocycles. The molecule has 0 bridgehead atoms. The molecule has 5 heteroatoms. The van der Waals surface area contributed by atoms with Crippen molar-refractivity contribution < 1.29 is 14.6 Å². The van der Waals surface area contributed by atoms with Crippen LogP contribution in [0.15, 0.2) is 41.5 Å². The third-order valence-corrected chi connectivity index (χ3v) is 2.88. The molecule has 0 unspecified atom stereocenters. The Bertz CT molecular complexity index is 665. The number of carbonyl (C=O) groups excluding carboxylic acids is 1. The molecule has 0 fully saturated rings. The zero-order valence-corrected chi connectivity index (χ0v) is 11.4. The molecule has 104 valence electrons. The summed E-state index contributed by atoms with van der Waals surface area (Å²) in [5.74, 6) is 0.148. The van der Waals surface area contributed by atoms with E-state index in [9.17, 15) is 9.90 Å². The van der Waals surface area contributed by atoms with Crippen LogP contribution in [0.4, 0.5) is 4.79 Å². The van der Waals surface area contributed by atoms with Gasteiger partial charge in [0.15, 0.2) is 0 Å². The third-order valence-electron chi connectivity index (χ3n) is 2.88. The van der Waals surface area contributed by atoms with Crippen LogP contribution in [0.25, 0.3) is 10.8 Å². The molecular formula is C15H16N2O3.